The van der Waals surface area contributed by atoms with E-state index in [0.717, 1.165) is 27.6 Å². The second kappa shape index (κ2) is 11.7. The molecule has 4 rings (SSSR count). The third kappa shape index (κ3) is 5.95. The Morgan fingerprint density at radius 3 is 2.79 bits per heavy atom. The number of benzene rings is 2. The van der Waals surface area contributed by atoms with Crippen LogP contribution in [0.15, 0.2) is 53.8 Å². The van der Waals surface area contributed by atoms with E-state index in [1.165, 1.54) is 11.8 Å². The average molecular weight is 481 g/mol. The van der Waals surface area contributed by atoms with Crippen molar-refractivity contribution in [2.45, 2.75) is 18.6 Å². The van der Waals surface area contributed by atoms with Gasteiger partial charge < -0.3 is 20.1 Å². The van der Waals surface area contributed by atoms with Gasteiger partial charge in [0.15, 0.2) is 17.4 Å². The molecule has 0 radical (unpaired) electrons. The molecule has 34 heavy (non-hydrogen) atoms. The fraction of sp³-hybridized carbons (Fsp3) is 0.333. The molecule has 0 unspecified atom stereocenters. The van der Waals surface area contributed by atoms with Gasteiger partial charge in [0.2, 0.25) is 0 Å². The first-order valence-electron chi connectivity index (χ1n) is 11.2. The maximum atomic E-state index is 12.3. The zero-order chi connectivity index (χ0) is 23.8. The zero-order valence-electron chi connectivity index (χ0n) is 19.3. The third-order valence-corrected chi connectivity index (χ3v) is 5.69. The summed E-state index contributed by atoms with van der Waals surface area (Å²) in [6.45, 7) is 4.72. The lowest BCUT2D eigenvalue weighted by atomic mass is 10.1. The smallest absolute Gasteiger partial charge is 0.258 e. The highest BCUT2D eigenvalue weighted by atomic mass is 32.2. The summed E-state index contributed by atoms with van der Waals surface area (Å²) in [6.07, 6.45) is 3.68. The largest absolute Gasteiger partial charge is 0.484 e. The molecule has 4 aromatic rings. The quantitative estimate of drug-likeness (QED) is 0.181. The van der Waals surface area contributed by atoms with Gasteiger partial charge in [0, 0.05) is 19.7 Å². The van der Waals surface area contributed by atoms with Crippen molar-refractivity contribution < 1.29 is 14.3 Å². The molecule has 0 aliphatic carbocycles. The molecule has 2 aromatic carbocycles. The normalized spacial score (nSPS) is 11.1. The van der Waals surface area contributed by atoms with E-state index in [-0.39, 0.29) is 12.5 Å². The Labute approximate surface area is 202 Å². The van der Waals surface area contributed by atoms with Crippen molar-refractivity contribution in [1.29, 1.82) is 0 Å². The van der Waals surface area contributed by atoms with Gasteiger partial charge in [-0.05, 0) is 36.1 Å². The van der Waals surface area contributed by atoms with Crippen molar-refractivity contribution in [3.05, 3.63) is 48.7 Å². The molecule has 0 aliphatic rings. The van der Waals surface area contributed by atoms with Crippen molar-refractivity contribution in [1.82, 2.24) is 25.1 Å². The molecule has 0 spiro atoms. The summed E-state index contributed by atoms with van der Waals surface area (Å²) in [5, 5.41) is 14.3. The standard InChI is InChI=1S/C24H28N6O3S/c1-3-32-13-11-26-22-20-15-27-30(23(20)29-24(28-22)34-2)12-10-25-21(31)16-33-19-9-8-17-6-4-5-7-18(17)14-19/h4-9,14-15H,3,10-13,16H2,1-2H3,(H,25,31)(H,26,28,29). The molecule has 0 saturated carbocycles. The van der Waals surface area contributed by atoms with Crippen LogP contribution < -0.4 is 15.4 Å². The lowest BCUT2D eigenvalue weighted by molar-refractivity contribution is -0.123. The van der Waals surface area contributed by atoms with E-state index in [1.807, 2.05) is 55.6 Å². The molecular formula is C24H28N6O3S. The second-order valence-corrected chi connectivity index (χ2v) is 8.21. The molecule has 0 atom stereocenters. The minimum atomic E-state index is -0.192. The van der Waals surface area contributed by atoms with Gasteiger partial charge >= 0.3 is 0 Å². The van der Waals surface area contributed by atoms with E-state index in [0.29, 0.717) is 43.8 Å². The van der Waals surface area contributed by atoms with Gasteiger partial charge in [-0.1, -0.05) is 42.1 Å². The van der Waals surface area contributed by atoms with Gasteiger partial charge in [0.05, 0.1) is 24.7 Å². The van der Waals surface area contributed by atoms with E-state index >= 15 is 0 Å². The van der Waals surface area contributed by atoms with Gasteiger partial charge in [-0.25, -0.2) is 14.6 Å². The Morgan fingerprint density at radius 1 is 1.12 bits per heavy atom. The molecule has 1 amide bonds. The first-order valence-corrected chi connectivity index (χ1v) is 12.4. The first-order chi connectivity index (χ1) is 16.7. The highest BCUT2D eigenvalue weighted by molar-refractivity contribution is 7.98. The molecular weight excluding hydrogens is 452 g/mol. The minimum absolute atomic E-state index is 0.0507. The number of nitrogens with zero attached hydrogens (tertiary/aromatic N) is 4. The van der Waals surface area contributed by atoms with Crippen LogP contribution in [0.25, 0.3) is 21.8 Å². The van der Waals surface area contributed by atoms with E-state index < -0.39 is 0 Å². The number of thioether (sulfide) groups is 1. The van der Waals surface area contributed by atoms with Crippen molar-refractivity contribution in [3.63, 3.8) is 0 Å². The van der Waals surface area contributed by atoms with Crippen LogP contribution in [0.1, 0.15) is 6.92 Å². The number of hydrogen-bond acceptors (Lipinski definition) is 8. The second-order valence-electron chi connectivity index (χ2n) is 7.44. The van der Waals surface area contributed by atoms with Crippen LogP contribution in [-0.4, -0.2) is 64.8 Å². The highest BCUT2D eigenvalue weighted by Gasteiger charge is 2.13. The molecule has 10 heteroatoms. The van der Waals surface area contributed by atoms with Crippen molar-refractivity contribution in [3.8, 4) is 5.75 Å². The fourth-order valence-corrected chi connectivity index (χ4v) is 3.83. The van der Waals surface area contributed by atoms with Crippen LogP contribution in [0.5, 0.6) is 5.75 Å². The van der Waals surface area contributed by atoms with E-state index in [2.05, 4.69) is 25.7 Å². The molecule has 0 fully saturated rings. The lowest BCUT2D eigenvalue weighted by Crippen LogP contribution is -2.31. The number of aromatic nitrogens is 4. The summed E-state index contributed by atoms with van der Waals surface area (Å²) < 4.78 is 12.8. The number of rotatable bonds is 12. The van der Waals surface area contributed by atoms with Crippen LogP contribution >= 0.6 is 11.8 Å². The van der Waals surface area contributed by atoms with Gasteiger partial charge in [-0.2, -0.15) is 5.10 Å². The van der Waals surface area contributed by atoms with Crippen molar-refractivity contribution in [2.24, 2.45) is 0 Å². The first kappa shape index (κ1) is 23.8. The van der Waals surface area contributed by atoms with Crippen LogP contribution in [0.2, 0.25) is 0 Å². The lowest BCUT2D eigenvalue weighted by Gasteiger charge is -2.10. The van der Waals surface area contributed by atoms with Crippen molar-refractivity contribution in [2.75, 3.05) is 44.5 Å². The predicted molar refractivity (Wildman–Crippen MR) is 135 cm³/mol. The summed E-state index contributed by atoms with van der Waals surface area (Å²) in [5.74, 6) is 1.20. The molecule has 178 valence electrons. The fourth-order valence-electron chi connectivity index (χ4n) is 3.47. The number of ether oxygens (including phenoxy) is 2. The molecule has 0 aliphatic heterocycles. The molecule has 9 nitrogen and oxygen atoms in total. The Balaban J connectivity index is 1.32. The van der Waals surface area contributed by atoms with Gasteiger partial charge in [-0.15, -0.1) is 0 Å². The molecule has 0 bridgehead atoms. The van der Waals surface area contributed by atoms with Crippen LogP contribution in [0.3, 0.4) is 0 Å². The SMILES string of the molecule is CCOCCNc1nc(SC)nc2c1cnn2CCNC(=O)COc1ccc2ccccc2c1. The number of amides is 1. The number of carbonyl (C=O) groups is 1. The highest BCUT2D eigenvalue weighted by Crippen LogP contribution is 2.23. The summed E-state index contributed by atoms with van der Waals surface area (Å²) in [5.41, 5.74) is 0.722. The minimum Gasteiger partial charge on any atom is -0.484 e. The Kier molecular flexibility index (Phi) is 8.16. The summed E-state index contributed by atoms with van der Waals surface area (Å²) in [4.78, 5) is 21.4. The number of anilines is 1. The molecule has 2 heterocycles. The summed E-state index contributed by atoms with van der Waals surface area (Å²) in [7, 11) is 0. The van der Waals surface area contributed by atoms with Gasteiger partial charge in [0.25, 0.3) is 5.91 Å². The van der Waals surface area contributed by atoms with Crippen LogP contribution in [-0.2, 0) is 16.1 Å². The van der Waals surface area contributed by atoms with Gasteiger partial charge in [0.1, 0.15) is 11.6 Å². The number of carbonyl (C=O) groups excluding carboxylic acids is 1. The maximum absolute atomic E-state index is 12.3. The Morgan fingerprint density at radius 2 is 1.97 bits per heavy atom. The van der Waals surface area contributed by atoms with Crippen LogP contribution in [0.4, 0.5) is 5.82 Å². The average Bonchev–Trinajstić information content (AvgIpc) is 3.28. The number of nitrogens with one attached hydrogen (secondary N) is 2. The zero-order valence-corrected chi connectivity index (χ0v) is 20.1. The summed E-state index contributed by atoms with van der Waals surface area (Å²) >= 11 is 1.47. The van der Waals surface area contributed by atoms with Crippen LogP contribution in [0, 0.1) is 0 Å². The van der Waals surface area contributed by atoms with Gasteiger partial charge in [-0.3, -0.25) is 4.79 Å². The molecule has 0 saturated heterocycles. The maximum Gasteiger partial charge on any atom is 0.258 e. The molecule has 2 aromatic heterocycles. The topological polar surface area (TPSA) is 103 Å². The van der Waals surface area contributed by atoms with E-state index in [4.69, 9.17) is 9.47 Å². The monoisotopic (exact) mass is 480 g/mol. The third-order valence-electron chi connectivity index (χ3n) is 5.14. The van der Waals surface area contributed by atoms with Crippen molar-refractivity contribution >= 4 is 45.3 Å². The predicted octanol–water partition coefficient (Wildman–Crippen LogP) is 3.35. The summed E-state index contributed by atoms with van der Waals surface area (Å²) in [6, 6.07) is 13.8. The van der Waals surface area contributed by atoms with E-state index in [1.54, 1.807) is 10.9 Å². The molecule has 2 N–H and O–H groups in total. The Bertz CT molecular complexity index is 1260. The Hall–Kier alpha value is -3.37. The number of fused-ring (bicyclic) bond motifs is 2. The number of hydrogen-bond donors (Lipinski definition) is 2. The van der Waals surface area contributed by atoms with E-state index in [9.17, 15) is 4.79 Å².